The minimum atomic E-state index is -1.19. The van der Waals surface area contributed by atoms with E-state index in [-0.39, 0.29) is 36.4 Å². The van der Waals surface area contributed by atoms with Crippen molar-refractivity contribution in [3.8, 4) is 0 Å². The van der Waals surface area contributed by atoms with Gasteiger partial charge in [-0.2, -0.15) is 0 Å². The third-order valence-corrected chi connectivity index (χ3v) is 9.38. The van der Waals surface area contributed by atoms with Crippen LogP contribution in [-0.4, -0.2) is 81.3 Å². The van der Waals surface area contributed by atoms with Crippen LogP contribution in [0.25, 0.3) is 0 Å². The number of nitrogens with zero attached hydrogens (tertiary/aromatic N) is 2. The molecule has 3 heterocycles. The summed E-state index contributed by atoms with van der Waals surface area (Å²) >= 11 is 0. The third kappa shape index (κ3) is 5.38. The van der Waals surface area contributed by atoms with Crippen LogP contribution in [0.2, 0.25) is 0 Å². The Labute approximate surface area is 241 Å². The van der Waals surface area contributed by atoms with E-state index in [1.807, 2.05) is 39.5 Å². The lowest BCUT2D eigenvalue weighted by Gasteiger charge is -2.46. The summed E-state index contributed by atoms with van der Waals surface area (Å²) in [6, 6.07) is -1.54. The Morgan fingerprint density at radius 3 is 2.42 bits per heavy atom. The fourth-order valence-corrected chi connectivity index (χ4v) is 7.92. The van der Waals surface area contributed by atoms with Gasteiger partial charge in [0.05, 0.1) is 30.8 Å². The maximum atomic E-state index is 14.8. The number of aliphatic hydroxyl groups excluding tert-OH is 1. The Bertz CT molecular complexity index is 998. The minimum Gasteiger partial charge on any atom is -0.465 e. The first-order chi connectivity index (χ1) is 18.6. The van der Waals surface area contributed by atoms with Gasteiger partial charge in [0.25, 0.3) is 0 Å². The number of allylic oxidation sites excluding steroid dienone is 1. The molecule has 226 valence electrons. The van der Waals surface area contributed by atoms with Crippen molar-refractivity contribution in [2.75, 3.05) is 19.8 Å². The quantitative estimate of drug-likeness (QED) is 0.202. The van der Waals surface area contributed by atoms with Crippen molar-refractivity contribution >= 4 is 17.8 Å². The molecule has 2 bridgehead atoms. The molecule has 2 amide bonds. The summed E-state index contributed by atoms with van der Waals surface area (Å²) in [6.45, 7) is 24.2. The molecule has 3 unspecified atom stereocenters. The fourth-order valence-electron chi connectivity index (χ4n) is 7.92. The van der Waals surface area contributed by atoms with Crippen LogP contribution in [0.15, 0.2) is 25.3 Å². The average Bonchev–Trinajstić information content (AvgIpc) is 3.36. The van der Waals surface area contributed by atoms with Gasteiger partial charge in [0, 0.05) is 12.1 Å². The largest absolute Gasteiger partial charge is 0.465 e. The molecule has 40 heavy (non-hydrogen) atoms. The molecule has 3 rings (SSSR count). The second-order valence-electron chi connectivity index (χ2n) is 14.1. The van der Waals surface area contributed by atoms with E-state index in [1.54, 1.807) is 17.1 Å². The molecule has 7 atom stereocenters. The molecule has 1 spiro atoms. The second-order valence-corrected chi connectivity index (χ2v) is 14.1. The maximum Gasteiger partial charge on any atom is 0.312 e. The number of unbranched alkanes of at least 4 members (excludes halogenated alkanes) is 1. The first-order valence-electron chi connectivity index (χ1n) is 14.9. The number of hydrogen-bond acceptors (Lipinski definition) is 6. The van der Waals surface area contributed by atoms with E-state index >= 15 is 0 Å². The standard InChI is InChI=1S/C32H52N2O6/c1-11-14-15-17-39-28(38)24-23-26(36)34(22(13-3)19-35)25(32(23)18-21(4)31(24,10)40-32)27(37)33(16-12-2)30(8,9)20-29(5,6)7/h11-12,21-25,35H,1-2,13-20H2,3-10H3/t21?,22-,23-,24+,25?,31-,32?/m0/s1. The van der Waals surface area contributed by atoms with Gasteiger partial charge in [0.2, 0.25) is 11.8 Å². The van der Waals surface area contributed by atoms with Crippen LogP contribution >= 0.6 is 0 Å². The summed E-state index contributed by atoms with van der Waals surface area (Å²) in [4.78, 5) is 46.2. The number of fused-ring (bicyclic) bond motifs is 1. The molecule has 3 aliphatic rings. The van der Waals surface area contributed by atoms with Gasteiger partial charge < -0.3 is 24.4 Å². The highest BCUT2D eigenvalue weighted by Crippen LogP contribution is 2.66. The average molecular weight is 561 g/mol. The summed E-state index contributed by atoms with van der Waals surface area (Å²) in [5.74, 6) is -2.77. The lowest BCUT2D eigenvalue weighted by Crippen LogP contribution is -2.62. The van der Waals surface area contributed by atoms with Crippen LogP contribution in [0.5, 0.6) is 0 Å². The van der Waals surface area contributed by atoms with Gasteiger partial charge in [-0.25, -0.2) is 0 Å². The van der Waals surface area contributed by atoms with Crippen molar-refractivity contribution in [1.82, 2.24) is 9.80 Å². The third-order valence-electron chi connectivity index (χ3n) is 9.38. The number of amides is 2. The predicted molar refractivity (Wildman–Crippen MR) is 155 cm³/mol. The Morgan fingerprint density at radius 2 is 1.90 bits per heavy atom. The minimum absolute atomic E-state index is 0.0585. The van der Waals surface area contributed by atoms with Crippen molar-refractivity contribution in [2.24, 2.45) is 23.2 Å². The molecular formula is C32H52N2O6. The van der Waals surface area contributed by atoms with E-state index in [0.717, 1.165) is 12.8 Å². The van der Waals surface area contributed by atoms with Gasteiger partial charge >= 0.3 is 5.97 Å². The molecule has 3 fully saturated rings. The molecule has 3 aliphatic heterocycles. The smallest absolute Gasteiger partial charge is 0.312 e. The first kappa shape index (κ1) is 32.3. The van der Waals surface area contributed by atoms with E-state index < -0.39 is 46.6 Å². The van der Waals surface area contributed by atoms with Crippen LogP contribution in [0, 0.1) is 23.2 Å². The SMILES string of the molecule is C=CCCCOC(=O)[C@H]1[C@H]2C(=O)N([C@@H](CC)CO)C(C(=O)N(CC=C)C(C)(C)CC(C)(C)C)C23CC(C)[C@]1(C)O3. The van der Waals surface area contributed by atoms with Crippen LogP contribution in [0.3, 0.4) is 0 Å². The number of ether oxygens (including phenoxy) is 2. The van der Waals surface area contributed by atoms with Crippen LogP contribution < -0.4 is 0 Å². The van der Waals surface area contributed by atoms with Crippen LogP contribution in [0.4, 0.5) is 0 Å². The zero-order valence-electron chi connectivity index (χ0n) is 26.0. The van der Waals surface area contributed by atoms with Crippen molar-refractivity contribution in [1.29, 1.82) is 0 Å². The molecule has 8 nitrogen and oxygen atoms in total. The van der Waals surface area contributed by atoms with E-state index in [0.29, 0.717) is 25.8 Å². The monoisotopic (exact) mass is 560 g/mol. The zero-order valence-corrected chi connectivity index (χ0v) is 26.0. The number of carbonyl (C=O) groups excluding carboxylic acids is 3. The molecule has 0 aromatic carbocycles. The van der Waals surface area contributed by atoms with Gasteiger partial charge in [0.15, 0.2) is 0 Å². The van der Waals surface area contributed by atoms with Gasteiger partial charge in [-0.15, -0.1) is 13.2 Å². The molecule has 0 radical (unpaired) electrons. The second kappa shape index (κ2) is 11.6. The summed E-state index contributed by atoms with van der Waals surface area (Å²) in [7, 11) is 0. The van der Waals surface area contributed by atoms with Crippen LogP contribution in [-0.2, 0) is 23.9 Å². The lowest BCUT2D eigenvalue weighted by atomic mass is 9.62. The van der Waals surface area contributed by atoms with E-state index in [9.17, 15) is 19.5 Å². The molecule has 0 aliphatic carbocycles. The number of esters is 1. The molecule has 3 saturated heterocycles. The van der Waals surface area contributed by atoms with Gasteiger partial charge in [-0.3, -0.25) is 14.4 Å². The fraction of sp³-hybridized carbons (Fsp3) is 0.781. The molecule has 0 aromatic heterocycles. The highest BCUT2D eigenvalue weighted by atomic mass is 16.6. The Balaban J connectivity index is 2.13. The summed E-state index contributed by atoms with van der Waals surface area (Å²) in [6.07, 6.45) is 6.51. The Morgan fingerprint density at radius 1 is 1.25 bits per heavy atom. The van der Waals surface area contributed by atoms with E-state index in [4.69, 9.17) is 9.47 Å². The van der Waals surface area contributed by atoms with Crippen molar-refractivity contribution in [3.05, 3.63) is 25.3 Å². The lowest BCUT2D eigenvalue weighted by molar-refractivity contribution is -0.165. The predicted octanol–water partition coefficient (Wildman–Crippen LogP) is 4.51. The summed E-state index contributed by atoms with van der Waals surface area (Å²) in [5, 5.41) is 10.4. The topological polar surface area (TPSA) is 96.4 Å². The summed E-state index contributed by atoms with van der Waals surface area (Å²) < 4.78 is 12.5. The van der Waals surface area contributed by atoms with Crippen LogP contribution in [0.1, 0.15) is 87.5 Å². The highest BCUT2D eigenvalue weighted by molar-refractivity contribution is 5.99. The van der Waals surface area contributed by atoms with Crippen molar-refractivity contribution in [2.45, 2.75) is 116 Å². The number of likely N-dealkylation sites (tertiary alicyclic amines) is 1. The van der Waals surface area contributed by atoms with Crippen molar-refractivity contribution in [3.63, 3.8) is 0 Å². The maximum absolute atomic E-state index is 14.8. The molecule has 8 heteroatoms. The molecule has 1 N–H and O–H groups in total. The van der Waals surface area contributed by atoms with E-state index in [1.165, 1.54) is 0 Å². The first-order valence-corrected chi connectivity index (χ1v) is 14.9. The highest BCUT2D eigenvalue weighted by Gasteiger charge is 2.81. The number of carbonyl (C=O) groups is 3. The van der Waals surface area contributed by atoms with Gasteiger partial charge in [0.1, 0.15) is 17.6 Å². The molecule has 0 aromatic rings. The summed E-state index contributed by atoms with van der Waals surface area (Å²) in [5.41, 5.74) is -2.74. The molecule has 0 saturated carbocycles. The Hall–Kier alpha value is -2.19. The number of aliphatic hydroxyl groups is 1. The normalized spacial score (nSPS) is 32.1. The van der Waals surface area contributed by atoms with E-state index in [2.05, 4.69) is 33.9 Å². The van der Waals surface area contributed by atoms with Gasteiger partial charge in [-0.1, -0.05) is 46.8 Å². The molecular weight excluding hydrogens is 508 g/mol. The van der Waals surface area contributed by atoms with Gasteiger partial charge in [-0.05, 0) is 64.2 Å². The zero-order chi connectivity index (χ0) is 30.3. The van der Waals surface area contributed by atoms with Crippen molar-refractivity contribution < 1.29 is 29.0 Å². The Kier molecular flexibility index (Phi) is 9.37. The number of hydrogen-bond donors (Lipinski definition) is 1. The number of rotatable bonds is 13.